The number of phenols is 1. The van der Waals surface area contributed by atoms with E-state index in [9.17, 15) is 29.1 Å². The van der Waals surface area contributed by atoms with E-state index in [1.807, 2.05) is 34.1 Å². The number of esters is 1. The van der Waals surface area contributed by atoms with Crippen molar-refractivity contribution in [3.05, 3.63) is 70.0 Å². The molecule has 52 heavy (non-hydrogen) atoms. The molecule has 2 fully saturated rings. The number of urea groups is 1. The van der Waals surface area contributed by atoms with Gasteiger partial charge in [0.1, 0.15) is 5.75 Å². The van der Waals surface area contributed by atoms with E-state index in [2.05, 4.69) is 37.8 Å². The normalized spacial score (nSPS) is 16.7. The number of carbonyl (C=O) groups excluding carboxylic acids is 5. The van der Waals surface area contributed by atoms with Crippen molar-refractivity contribution >= 4 is 57.4 Å². The van der Waals surface area contributed by atoms with Crippen molar-refractivity contribution in [3.63, 3.8) is 0 Å². The van der Waals surface area contributed by atoms with Crippen LogP contribution in [-0.4, -0.2) is 125 Å². The number of nitrogens with one attached hydrogen (secondary N) is 1. The summed E-state index contributed by atoms with van der Waals surface area (Å²) in [6.45, 7) is 5.25. The molecule has 0 aromatic heterocycles. The van der Waals surface area contributed by atoms with E-state index in [1.54, 1.807) is 30.2 Å². The molecule has 276 valence electrons. The molecule has 3 aliphatic heterocycles. The number of piperidine rings is 1. The van der Waals surface area contributed by atoms with Crippen LogP contribution in [0.3, 0.4) is 0 Å². The van der Waals surface area contributed by atoms with E-state index in [0.29, 0.717) is 68.7 Å². The lowest BCUT2D eigenvalue weighted by molar-refractivity contribution is -0.146. The Labute approximate surface area is 310 Å². The zero-order valence-electron chi connectivity index (χ0n) is 29.1. The first kappa shape index (κ1) is 38.1. The van der Waals surface area contributed by atoms with Crippen LogP contribution < -0.4 is 5.32 Å². The second kappa shape index (κ2) is 18.4. The van der Waals surface area contributed by atoms with Gasteiger partial charge in [-0.25, -0.2) is 9.59 Å². The van der Waals surface area contributed by atoms with Crippen LogP contribution >= 0.6 is 15.9 Å². The Kier molecular flexibility index (Phi) is 13.5. The van der Waals surface area contributed by atoms with E-state index in [-0.39, 0.29) is 49.6 Å². The number of benzene rings is 2. The number of anilines is 1. The van der Waals surface area contributed by atoms with Gasteiger partial charge in [-0.1, -0.05) is 24.3 Å². The topological polar surface area (TPSA) is 161 Å². The van der Waals surface area contributed by atoms with Crippen molar-refractivity contribution in [1.29, 1.82) is 0 Å². The van der Waals surface area contributed by atoms with Crippen LogP contribution in [0.1, 0.15) is 43.7 Å². The minimum absolute atomic E-state index is 0.00940. The average Bonchev–Trinajstić information content (AvgIpc) is 3.32. The Hall–Kier alpha value is -5.10. The molecule has 0 bridgehead atoms. The number of ether oxygens (including phenoxy) is 2. The molecule has 3 aliphatic rings. The van der Waals surface area contributed by atoms with Gasteiger partial charge in [0, 0.05) is 76.3 Å². The number of likely N-dealkylation sites (tertiary alicyclic amines) is 1. The standard InChI is InChI=1S/C37H43BrN6O8/c1-2-51-34(47)11-10-33(46)42-22-20-41(21-23-42)16-5-15-39-35(48)32(25-26-8-9-31(45)29(38)24-26)52-37(50)43-17-13-28(14-18-43)44-19-12-27-6-3-4-7-30(27)40-36(44)49/h3-4,6-9,16,24,28,32,45H,2,10-14,17-23,25H2,1H3,(H,40,49)/t32-/m1/s1. The quantitative estimate of drug-likeness (QED) is 0.206. The number of nitrogens with zero attached hydrogens (tertiary/aromatic N) is 5. The minimum Gasteiger partial charge on any atom is -0.507 e. The molecule has 2 aromatic carbocycles. The van der Waals surface area contributed by atoms with Gasteiger partial charge in [0.15, 0.2) is 6.10 Å². The first-order valence-electron chi connectivity index (χ1n) is 17.5. The van der Waals surface area contributed by atoms with E-state index < -0.39 is 24.1 Å². The summed E-state index contributed by atoms with van der Waals surface area (Å²) in [4.78, 5) is 74.5. The largest absolute Gasteiger partial charge is 0.507 e. The van der Waals surface area contributed by atoms with E-state index >= 15 is 0 Å². The van der Waals surface area contributed by atoms with Crippen molar-refractivity contribution in [1.82, 2.24) is 19.6 Å². The summed E-state index contributed by atoms with van der Waals surface area (Å²) >= 11 is 3.28. The van der Waals surface area contributed by atoms with Gasteiger partial charge in [0.2, 0.25) is 5.91 Å². The lowest BCUT2D eigenvalue weighted by Crippen LogP contribution is -2.50. The zero-order chi connectivity index (χ0) is 37.0. The second-order valence-electron chi connectivity index (χ2n) is 12.7. The van der Waals surface area contributed by atoms with Crippen LogP contribution in [0.5, 0.6) is 5.75 Å². The van der Waals surface area contributed by atoms with Crippen LogP contribution in [0.25, 0.3) is 0 Å². The van der Waals surface area contributed by atoms with Crippen LogP contribution in [0.4, 0.5) is 15.3 Å². The van der Waals surface area contributed by atoms with E-state index in [4.69, 9.17) is 9.47 Å². The van der Waals surface area contributed by atoms with Crippen LogP contribution in [0.2, 0.25) is 0 Å². The molecule has 2 saturated heterocycles. The molecular formula is C37H43BrN6O8. The Morgan fingerprint density at radius 2 is 1.77 bits per heavy atom. The van der Waals surface area contributed by atoms with Gasteiger partial charge in [-0.3, -0.25) is 14.4 Å². The highest BCUT2D eigenvalue weighted by molar-refractivity contribution is 9.10. The van der Waals surface area contributed by atoms with Gasteiger partial charge in [0.05, 0.1) is 23.7 Å². The summed E-state index contributed by atoms with van der Waals surface area (Å²) in [7, 11) is 0. The van der Waals surface area contributed by atoms with Crippen molar-refractivity contribution in [2.75, 3.05) is 57.7 Å². The van der Waals surface area contributed by atoms with Gasteiger partial charge in [-0.2, -0.15) is 4.99 Å². The van der Waals surface area contributed by atoms with Gasteiger partial charge >= 0.3 is 18.1 Å². The number of halogens is 1. The van der Waals surface area contributed by atoms with Crippen LogP contribution in [0.15, 0.2) is 63.9 Å². The third-order valence-corrected chi connectivity index (χ3v) is 9.89. The predicted molar refractivity (Wildman–Crippen MR) is 195 cm³/mol. The Bertz CT molecular complexity index is 1740. The third-order valence-electron chi connectivity index (χ3n) is 9.25. The number of piperazine rings is 1. The molecule has 0 saturated carbocycles. The fraction of sp³-hybridized carbons (Fsp3) is 0.459. The molecule has 0 aliphatic carbocycles. The Morgan fingerprint density at radius 1 is 1.02 bits per heavy atom. The van der Waals surface area contributed by atoms with Gasteiger partial charge in [-0.05, 0) is 77.2 Å². The van der Waals surface area contributed by atoms with Gasteiger partial charge in [-0.15, -0.1) is 0 Å². The molecule has 5 amide bonds. The van der Waals surface area contributed by atoms with Crippen molar-refractivity contribution in [2.45, 2.75) is 57.6 Å². The summed E-state index contributed by atoms with van der Waals surface area (Å²) in [5.74, 6) is 1.30. The summed E-state index contributed by atoms with van der Waals surface area (Å²) in [5.41, 5.74) is 5.29. The van der Waals surface area contributed by atoms with Crippen LogP contribution in [-0.2, 0) is 36.7 Å². The lowest BCUT2D eigenvalue weighted by Gasteiger charge is -2.37. The fourth-order valence-electron chi connectivity index (χ4n) is 6.35. The monoisotopic (exact) mass is 778 g/mol. The fourth-order valence-corrected chi connectivity index (χ4v) is 6.77. The van der Waals surface area contributed by atoms with Crippen molar-refractivity contribution in [2.24, 2.45) is 4.99 Å². The number of hydrogen-bond acceptors (Lipinski definition) is 9. The molecule has 3 heterocycles. The SMILES string of the molecule is CCOC(=O)CCC(=O)N1CCN(C=C=C=NC(=O)[C@@H](Cc2ccc(O)c(Br)c2)OC(=O)N2CCC(N3CCc4ccccc4NC3=O)CC2)CC1. The van der Waals surface area contributed by atoms with E-state index in [1.165, 1.54) is 11.0 Å². The Morgan fingerprint density at radius 3 is 2.50 bits per heavy atom. The van der Waals surface area contributed by atoms with Gasteiger partial charge in [0.25, 0.3) is 5.91 Å². The molecule has 0 radical (unpaired) electrons. The second-order valence-corrected chi connectivity index (χ2v) is 13.5. The average molecular weight is 780 g/mol. The number of rotatable bonds is 10. The maximum atomic E-state index is 13.4. The maximum Gasteiger partial charge on any atom is 0.410 e. The number of hydrogen-bond donors (Lipinski definition) is 2. The number of para-hydroxylation sites is 1. The number of aromatic hydroxyl groups is 1. The molecule has 2 N–H and O–H groups in total. The smallest absolute Gasteiger partial charge is 0.410 e. The zero-order valence-corrected chi connectivity index (χ0v) is 30.7. The highest BCUT2D eigenvalue weighted by Gasteiger charge is 2.33. The summed E-state index contributed by atoms with van der Waals surface area (Å²) in [6.07, 6.45) is 1.68. The molecule has 1 atom stereocenters. The first-order chi connectivity index (χ1) is 25.1. The molecule has 14 nitrogen and oxygen atoms in total. The number of phenolic OH excluding ortho intramolecular Hbond substituents is 1. The van der Waals surface area contributed by atoms with E-state index in [0.717, 1.165) is 17.7 Å². The Balaban J connectivity index is 1.16. The number of aliphatic imine (C=N–C) groups is 1. The molecule has 15 heteroatoms. The molecule has 0 unspecified atom stereocenters. The predicted octanol–water partition coefficient (Wildman–Crippen LogP) is 4.11. The summed E-state index contributed by atoms with van der Waals surface area (Å²) in [6, 6.07) is 12.3. The van der Waals surface area contributed by atoms with Crippen LogP contribution in [0, 0.1) is 0 Å². The first-order valence-corrected chi connectivity index (χ1v) is 18.2. The highest BCUT2D eigenvalue weighted by Crippen LogP contribution is 2.27. The molecule has 2 aromatic rings. The van der Waals surface area contributed by atoms with Crippen molar-refractivity contribution < 1.29 is 38.6 Å². The molecular weight excluding hydrogens is 736 g/mol. The lowest BCUT2D eigenvalue weighted by atomic mass is 10.0. The number of amides is 5. The summed E-state index contributed by atoms with van der Waals surface area (Å²) < 4.78 is 11.0. The molecule has 0 spiro atoms. The number of fused-ring (bicyclic) bond motifs is 1. The number of carbonyl (C=O) groups is 5. The minimum atomic E-state index is -1.27. The molecule has 5 rings (SSSR count). The van der Waals surface area contributed by atoms with Crippen molar-refractivity contribution in [3.8, 4) is 5.75 Å². The highest BCUT2D eigenvalue weighted by atomic mass is 79.9. The maximum absolute atomic E-state index is 13.4. The third kappa shape index (κ3) is 10.5. The summed E-state index contributed by atoms with van der Waals surface area (Å²) in [5, 5.41) is 12.9. The van der Waals surface area contributed by atoms with Gasteiger partial charge < -0.3 is 39.5 Å².